The SMILES string of the molecule is FC(F)n1ccnc1CN1CCNc2ccccc21. The van der Waals surface area contributed by atoms with E-state index in [0.29, 0.717) is 12.4 Å². The van der Waals surface area contributed by atoms with Gasteiger partial charge in [-0.2, -0.15) is 8.78 Å². The Balaban J connectivity index is 1.87. The van der Waals surface area contributed by atoms with Crippen LogP contribution in [0, 0.1) is 0 Å². The summed E-state index contributed by atoms with van der Waals surface area (Å²) in [7, 11) is 0. The maximum atomic E-state index is 12.8. The van der Waals surface area contributed by atoms with Crippen molar-refractivity contribution in [1.29, 1.82) is 0 Å². The third-order valence-corrected chi connectivity index (χ3v) is 3.23. The van der Waals surface area contributed by atoms with Crippen LogP contribution in [0.3, 0.4) is 0 Å². The molecule has 2 aromatic rings. The third-order valence-electron chi connectivity index (χ3n) is 3.23. The first-order valence-corrected chi connectivity index (χ1v) is 6.13. The first kappa shape index (κ1) is 12.0. The quantitative estimate of drug-likeness (QED) is 0.925. The van der Waals surface area contributed by atoms with Crippen LogP contribution in [0.1, 0.15) is 12.4 Å². The van der Waals surface area contributed by atoms with Crippen molar-refractivity contribution in [3.8, 4) is 0 Å². The van der Waals surface area contributed by atoms with E-state index >= 15 is 0 Å². The number of benzene rings is 1. The van der Waals surface area contributed by atoms with Crippen molar-refractivity contribution in [2.75, 3.05) is 23.3 Å². The van der Waals surface area contributed by atoms with Gasteiger partial charge in [-0.3, -0.25) is 4.57 Å². The topological polar surface area (TPSA) is 33.1 Å². The Morgan fingerprint density at radius 1 is 1.32 bits per heavy atom. The van der Waals surface area contributed by atoms with Gasteiger partial charge in [0.25, 0.3) is 0 Å². The van der Waals surface area contributed by atoms with Crippen molar-refractivity contribution in [3.05, 3.63) is 42.5 Å². The van der Waals surface area contributed by atoms with Crippen LogP contribution in [0.4, 0.5) is 20.2 Å². The smallest absolute Gasteiger partial charge is 0.319 e. The molecule has 0 unspecified atom stereocenters. The molecule has 1 N–H and O–H groups in total. The number of nitrogens with zero attached hydrogens (tertiary/aromatic N) is 3. The van der Waals surface area contributed by atoms with Crippen LogP contribution in [0.25, 0.3) is 0 Å². The van der Waals surface area contributed by atoms with Gasteiger partial charge in [0.05, 0.1) is 17.9 Å². The van der Waals surface area contributed by atoms with Gasteiger partial charge in [-0.15, -0.1) is 0 Å². The van der Waals surface area contributed by atoms with Crippen LogP contribution in [0.2, 0.25) is 0 Å². The minimum absolute atomic E-state index is 0.381. The molecule has 1 aromatic carbocycles. The Bertz CT molecular complexity index is 567. The predicted octanol–water partition coefficient (Wildman–Crippen LogP) is 2.71. The van der Waals surface area contributed by atoms with E-state index in [0.717, 1.165) is 29.0 Å². The van der Waals surface area contributed by atoms with Crippen LogP contribution in [-0.2, 0) is 6.54 Å². The molecular weight excluding hydrogens is 250 g/mol. The number of fused-ring (bicyclic) bond motifs is 1. The van der Waals surface area contributed by atoms with Gasteiger partial charge in [0.15, 0.2) is 0 Å². The second-order valence-electron chi connectivity index (χ2n) is 4.39. The Kier molecular flexibility index (Phi) is 3.06. The van der Waals surface area contributed by atoms with E-state index in [4.69, 9.17) is 0 Å². The van der Waals surface area contributed by atoms with Crippen LogP contribution in [-0.4, -0.2) is 22.6 Å². The average Bonchev–Trinajstić information content (AvgIpc) is 2.87. The number of imidazole rings is 1. The molecule has 1 aromatic heterocycles. The molecule has 1 aliphatic rings. The van der Waals surface area contributed by atoms with E-state index in [1.807, 2.05) is 24.3 Å². The van der Waals surface area contributed by atoms with E-state index in [9.17, 15) is 8.78 Å². The third kappa shape index (κ3) is 2.25. The monoisotopic (exact) mass is 264 g/mol. The van der Waals surface area contributed by atoms with Crippen molar-refractivity contribution in [3.63, 3.8) is 0 Å². The molecule has 6 heteroatoms. The lowest BCUT2D eigenvalue weighted by molar-refractivity contribution is 0.0670. The molecule has 3 rings (SSSR count). The molecule has 1 aliphatic heterocycles. The molecule has 0 saturated carbocycles. The fourth-order valence-electron chi connectivity index (χ4n) is 2.32. The van der Waals surface area contributed by atoms with Crippen LogP contribution in [0.5, 0.6) is 0 Å². The van der Waals surface area contributed by atoms with Gasteiger partial charge >= 0.3 is 6.55 Å². The predicted molar refractivity (Wildman–Crippen MR) is 69.5 cm³/mol. The number of halogens is 2. The van der Waals surface area contributed by atoms with Crippen molar-refractivity contribution < 1.29 is 8.78 Å². The van der Waals surface area contributed by atoms with Crippen molar-refractivity contribution in [1.82, 2.24) is 9.55 Å². The molecule has 0 spiro atoms. The number of para-hydroxylation sites is 2. The molecule has 0 bridgehead atoms. The minimum Gasteiger partial charge on any atom is -0.382 e. The normalized spacial score (nSPS) is 14.4. The molecule has 2 heterocycles. The minimum atomic E-state index is -2.55. The number of hydrogen-bond acceptors (Lipinski definition) is 3. The van der Waals surface area contributed by atoms with Gasteiger partial charge in [-0.05, 0) is 12.1 Å². The van der Waals surface area contributed by atoms with E-state index in [-0.39, 0.29) is 0 Å². The number of anilines is 2. The Hall–Kier alpha value is -2.11. The Labute approximate surface area is 109 Å². The summed E-state index contributed by atoms with van der Waals surface area (Å²) >= 11 is 0. The molecular formula is C13H14F2N4. The lowest BCUT2D eigenvalue weighted by atomic mass is 10.2. The summed E-state index contributed by atoms with van der Waals surface area (Å²) < 4.78 is 26.5. The van der Waals surface area contributed by atoms with Gasteiger partial charge in [0, 0.05) is 25.5 Å². The first-order chi connectivity index (χ1) is 9.25. The maximum Gasteiger partial charge on any atom is 0.319 e. The zero-order chi connectivity index (χ0) is 13.2. The molecule has 0 saturated heterocycles. The zero-order valence-electron chi connectivity index (χ0n) is 10.3. The van der Waals surface area contributed by atoms with Gasteiger partial charge in [0.2, 0.25) is 0 Å². The highest BCUT2D eigenvalue weighted by Crippen LogP contribution is 2.29. The summed E-state index contributed by atoms with van der Waals surface area (Å²) in [5.74, 6) is 0.381. The summed E-state index contributed by atoms with van der Waals surface area (Å²) in [4.78, 5) is 6.09. The van der Waals surface area contributed by atoms with E-state index < -0.39 is 6.55 Å². The van der Waals surface area contributed by atoms with Gasteiger partial charge in [-0.1, -0.05) is 12.1 Å². The standard InChI is InChI=1S/C13H14F2N4/c14-13(15)19-8-6-17-12(19)9-18-7-5-16-10-3-1-2-4-11(10)18/h1-4,6,8,13,16H,5,7,9H2. The van der Waals surface area contributed by atoms with Gasteiger partial charge in [0.1, 0.15) is 5.82 Å². The fraction of sp³-hybridized carbons (Fsp3) is 0.308. The zero-order valence-corrected chi connectivity index (χ0v) is 10.3. The number of rotatable bonds is 3. The van der Waals surface area contributed by atoms with Crippen molar-refractivity contribution in [2.45, 2.75) is 13.1 Å². The average molecular weight is 264 g/mol. The molecule has 0 radical (unpaired) electrons. The Morgan fingerprint density at radius 3 is 3.00 bits per heavy atom. The molecule has 100 valence electrons. The highest BCUT2D eigenvalue weighted by Gasteiger charge is 2.19. The molecule has 0 aliphatic carbocycles. The van der Waals surface area contributed by atoms with E-state index in [1.165, 1.54) is 12.4 Å². The van der Waals surface area contributed by atoms with Gasteiger partial charge < -0.3 is 10.2 Å². The number of nitrogens with one attached hydrogen (secondary N) is 1. The number of hydrogen-bond donors (Lipinski definition) is 1. The van der Waals surface area contributed by atoms with Crippen molar-refractivity contribution >= 4 is 11.4 Å². The molecule has 0 amide bonds. The second-order valence-corrected chi connectivity index (χ2v) is 4.39. The fourth-order valence-corrected chi connectivity index (χ4v) is 2.32. The summed E-state index contributed by atoms with van der Waals surface area (Å²) in [6, 6.07) is 7.87. The summed E-state index contributed by atoms with van der Waals surface area (Å²) in [6.45, 7) is -0.592. The lowest BCUT2D eigenvalue weighted by Gasteiger charge is -2.31. The largest absolute Gasteiger partial charge is 0.382 e. The van der Waals surface area contributed by atoms with Crippen LogP contribution in [0.15, 0.2) is 36.7 Å². The molecule has 0 atom stereocenters. The lowest BCUT2D eigenvalue weighted by Crippen LogP contribution is -2.34. The van der Waals surface area contributed by atoms with Crippen LogP contribution >= 0.6 is 0 Å². The molecule has 19 heavy (non-hydrogen) atoms. The van der Waals surface area contributed by atoms with E-state index in [1.54, 1.807) is 0 Å². The van der Waals surface area contributed by atoms with E-state index in [2.05, 4.69) is 15.2 Å². The summed E-state index contributed by atoms with van der Waals surface area (Å²) in [5, 5.41) is 3.29. The van der Waals surface area contributed by atoms with Crippen LogP contribution < -0.4 is 10.2 Å². The highest BCUT2D eigenvalue weighted by atomic mass is 19.3. The molecule has 4 nitrogen and oxygen atoms in total. The summed E-state index contributed by atoms with van der Waals surface area (Å²) in [6.07, 6.45) is 2.73. The first-order valence-electron chi connectivity index (χ1n) is 6.13. The number of alkyl halides is 2. The maximum absolute atomic E-state index is 12.8. The highest BCUT2D eigenvalue weighted by molar-refractivity contribution is 5.71. The number of aromatic nitrogens is 2. The van der Waals surface area contributed by atoms with Crippen molar-refractivity contribution in [2.24, 2.45) is 0 Å². The Morgan fingerprint density at radius 2 is 2.16 bits per heavy atom. The summed E-state index contributed by atoms with van der Waals surface area (Å²) in [5.41, 5.74) is 2.06. The molecule has 0 fully saturated rings. The second kappa shape index (κ2) is 4.87. The van der Waals surface area contributed by atoms with Gasteiger partial charge in [-0.25, -0.2) is 4.98 Å².